The van der Waals surface area contributed by atoms with Crippen molar-refractivity contribution >= 4 is 60.8 Å². The van der Waals surface area contributed by atoms with Gasteiger partial charge in [0.2, 0.25) is 0 Å². The summed E-state index contributed by atoms with van der Waals surface area (Å²) in [5.74, 6) is 0. The lowest BCUT2D eigenvalue weighted by atomic mass is 9.78. The standard InChI is InChI=1S/C63H44N2O/c1-63(2)56-40-49(36-37-51(56)53-21-13-20-50(61(53)63)45-16-7-4-8-17-45)64(46-30-24-42(25-31-46)41-14-5-3-6-15-41)47-32-26-43(27-33-47)44-28-34-48(35-29-44)65-57-22-11-9-18-52(57)54-38-39-59-60(62(54)65)55-19-10-12-23-58(55)66-59/h3-40H,1-2H3. The maximum atomic E-state index is 6.38. The zero-order valence-electron chi connectivity index (χ0n) is 36.7. The number of anilines is 3. The summed E-state index contributed by atoms with van der Waals surface area (Å²) in [7, 11) is 0. The van der Waals surface area contributed by atoms with Crippen LogP contribution in [0.15, 0.2) is 235 Å². The van der Waals surface area contributed by atoms with E-state index in [1.54, 1.807) is 0 Å². The summed E-state index contributed by atoms with van der Waals surface area (Å²) < 4.78 is 8.78. The molecule has 1 aliphatic carbocycles. The second-order valence-corrected chi connectivity index (χ2v) is 18.1. The molecule has 2 heterocycles. The fourth-order valence-corrected chi connectivity index (χ4v) is 10.9. The van der Waals surface area contributed by atoms with Gasteiger partial charge in [-0.1, -0.05) is 172 Å². The normalized spacial score (nSPS) is 12.8. The van der Waals surface area contributed by atoms with Crippen molar-refractivity contribution in [2.75, 3.05) is 4.90 Å². The highest BCUT2D eigenvalue weighted by molar-refractivity contribution is 6.24. The molecule has 0 saturated heterocycles. The van der Waals surface area contributed by atoms with Crippen molar-refractivity contribution in [1.82, 2.24) is 4.57 Å². The van der Waals surface area contributed by atoms with Crippen molar-refractivity contribution in [3.05, 3.63) is 242 Å². The van der Waals surface area contributed by atoms with Gasteiger partial charge < -0.3 is 13.9 Å². The Morgan fingerprint density at radius 2 is 0.955 bits per heavy atom. The number of furan rings is 1. The number of fused-ring (bicyclic) bond motifs is 10. The van der Waals surface area contributed by atoms with Crippen molar-refractivity contribution in [3.63, 3.8) is 0 Å². The molecule has 3 heteroatoms. The van der Waals surface area contributed by atoms with Gasteiger partial charge in [-0.05, 0) is 128 Å². The number of nitrogens with zero attached hydrogens (tertiary/aromatic N) is 2. The summed E-state index contributed by atoms with van der Waals surface area (Å²) in [5.41, 5.74) is 21.0. The molecule has 12 aromatic rings. The fraction of sp³-hybridized carbons (Fsp3) is 0.0476. The number of hydrogen-bond donors (Lipinski definition) is 0. The van der Waals surface area contributed by atoms with Crippen LogP contribution in [0.3, 0.4) is 0 Å². The lowest BCUT2D eigenvalue weighted by Crippen LogP contribution is -2.17. The minimum absolute atomic E-state index is 0.205. The minimum Gasteiger partial charge on any atom is -0.456 e. The molecule has 10 aromatic carbocycles. The maximum absolute atomic E-state index is 6.38. The zero-order valence-corrected chi connectivity index (χ0v) is 36.7. The Hall–Kier alpha value is -8.40. The first-order chi connectivity index (χ1) is 32.5. The number of benzene rings is 10. The average Bonchev–Trinajstić information content (AvgIpc) is 4.00. The topological polar surface area (TPSA) is 21.3 Å². The van der Waals surface area contributed by atoms with Crippen LogP contribution >= 0.6 is 0 Å². The van der Waals surface area contributed by atoms with Gasteiger partial charge in [-0.25, -0.2) is 0 Å². The highest BCUT2D eigenvalue weighted by Crippen LogP contribution is 2.54. The van der Waals surface area contributed by atoms with Crippen LogP contribution in [-0.4, -0.2) is 4.57 Å². The van der Waals surface area contributed by atoms with Crippen molar-refractivity contribution < 1.29 is 4.42 Å². The van der Waals surface area contributed by atoms with E-state index in [9.17, 15) is 0 Å². The van der Waals surface area contributed by atoms with Crippen molar-refractivity contribution in [2.45, 2.75) is 19.3 Å². The van der Waals surface area contributed by atoms with E-state index in [4.69, 9.17) is 4.42 Å². The molecule has 1 aliphatic rings. The van der Waals surface area contributed by atoms with Gasteiger partial charge >= 0.3 is 0 Å². The third-order valence-electron chi connectivity index (χ3n) is 14.0. The molecule has 0 spiro atoms. The van der Waals surface area contributed by atoms with Crippen LogP contribution in [0.25, 0.3) is 93.9 Å². The van der Waals surface area contributed by atoms with Crippen LogP contribution < -0.4 is 4.90 Å². The van der Waals surface area contributed by atoms with Crippen LogP contribution in [0, 0.1) is 0 Å². The van der Waals surface area contributed by atoms with Gasteiger partial charge in [0.25, 0.3) is 0 Å². The molecule has 13 rings (SSSR count). The van der Waals surface area contributed by atoms with Gasteiger partial charge in [0.1, 0.15) is 11.2 Å². The van der Waals surface area contributed by atoms with Crippen molar-refractivity contribution in [3.8, 4) is 50.2 Å². The van der Waals surface area contributed by atoms with Gasteiger partial charge in [-0.2, -0.15) is 0 Å². The van der Waals surface area contributed by atoms with E-state index in [2.05, 4.69) is 248 Å². The smallest absolute Gasteiger partial charge is 0.137 e. The van der Waals surface area contributed by atoms with Crippen molar-refractivity contribution in [1.29, 1.82) is 0 Å². The Morgan fingerprint density at radius 1 is 0.394 bits per heavy atom. The Kier molecular flexibility index (Phi) is 8.56. The molecule has 0 unspecified atom stereocenters. The van der Waals surface area contributed by atoms with Gasteiger partial charge in [0.15, 0.2) is 0 Å². The van der Waals surface area contributed by atoms with E-state index in [1.807, 2.05) is 6.07 Å². The van der Waals surface area contributed by atoms with Gasteiger partial charge in [-0.15, -0.1) is 0 Å². The summed E-state index contributed by atoms with van der Waals surface area (Å²) >= 11 is 0. The fourth-order valence-electron chi connectivity index (χ4n) is 10.9. The summed E-state index contributed by atoms with van der Waals surface area (Å²) in [6.45, 7) is 4.77. The van der Waals surface area contributed by atoms with Gasteiger partial charge in [0, 0.05) is 44.3 Å². The van der Waals surface area contributed by atoms with E-state index in [0.717, 1.165) is 55.8 Å². The molecule has 0 atom stereocenters. The third-order valence-corrected chi connectivity index (χ3v) is 14.0. The second-order valence-electron chi connectivity index (χ2n) is 18.1. The van der Waals surface area contributed by atoms with Crippen LogP contribution in [0.5, 0.6) is 0 Å². The van der Waals surface area contributed by atoms with Crippen LogP contribution in [0.2, 0.25) is 0 Å². The molecule has 0 amide bonds. The van der Waals surface area contributed by atoms with Crippen molar-refractivity contribution in [2.24, 2.45) is 0 Å². The molecule has 0 saturated carbocycles. The first-order valence-corrected chi connectivity index (χ1v) is 22.8. The molecule has 0 radical (unpaired) electrons. The predicted octanol–water partition coefficient (Wildman–Crippen LogP) is 17.5. The van der Waals surface area contributed by atoms with E-state index in [0.29, 0.717) is 0 Å². The molecule has 0 bridgehead atoms. The second kappa shape index (κ2) is 14.8. The maximum Gasteiger partial charge on any atom is 0.137 e. The number of hydrogen-bond acceptors (Lipinski definition) is 2. The molecule has 312 valence electrons. The molecule has 66 heavy (non-hydrogen) atoms. The Balaban J connectivity index is 0.891. The van der Waals surface area contributed by atoms with E-state index in [1.165, 1.54) is 66.3 Å². The highest BCUT2D eigenvalue weighted by Gasteiger charge is 2.38. The summed E-state index contributed by atoms with van der Waals surface area (Å²) in [4.78, 5) is 2.40. The predicted molar refractivity (Wildman–Crippen MR) is 277 cm³/mol. The Labute approximate surface area is 384 Å². The molecule has 0 aliphatic heterocycles. The van der Waals surface area contributed by atoms with E-state index in [-0.39, 0.29) is 5.41 Å². The minimum atomic E-state index is -0.205. The zero-order chi connectivity index (χ0) is 43.9. The molecule has 0 fully saturated rings. The summed E-state index contributed by atoms with van der Waals surface area (Å²) in [6.07, 6.45) is 0. The first-order valence-electron chi connectivity index (χ1n) is 22.8. The SMILES string of the molecule is CC1(C)c2cc(N(c3ccc(-c4ccccc4)cc3)c3ccc(-c4ccc(-n5c6ccccc6c6ccc7oc8ccccc8c7c65)cc4)cc3)ccc2-c2cccc(-c3ccccc3)c21. The molecule has 3 nitrogen and oxygen atoms in total. The third kappa shape index (κ3) is 5.90. The molecule has 2 aromatic heterocycles. The first kappa shape index (κ1) is 38.1. The average molecular weight is 845 g/mol. The van der Waals surface area contributed by atoms with Crippen LogP contribution in [-0.2, 0) is 5.41 Å². The van der Waals surface area contributed by atoms with Gasteiger partial charge in [0.05, 0.1) is 16.4 Å². The summed E-state index contributed by atoms with van der Waals surface area (Å²) in [5, 5.41) is 4.72. The molecular formula is C63H44N2O. The number of aromatic nitrogens is 1. The monoisotopic (exact) mass is 844 g/mol. The Bertz CT molecular complexity index is 3800. The highest BCUT2D eigenvalue weighted by atomic mass is 16.3. The van der Waals surface area contributed by atoms with E-state index < -0.39 is 0 Å². The molecule has 0 N–H and O–H groups in total. The quantitative estimate of drug-likeness (QED) is 0.159. The number of rotatable bonds is 7. The molecular weight excluding hydrogens is 801 g/mol. The lowest BCUT2D eigenvalue weighted by molar-refractivity contribution is 0.662. The summed E-state index contributed by atoms with van der Waals surface area (Å²) in [6, 6.07) is 83.7. The van der Waals surface area contributed by atoms with Crippen LogP contribution in [0.1, 0.15) is 25.0 Å². The van der Waals surface area contributed by atoms with E-state index >= 15 is 0 Å². The largest absolute Gasteiger partial charge is 0.456 e. The van der Waals surface area contributed by atoms with Gasteiger partial charge in [-0.3, -0.25) is 0 Å². The Morgan fingerprint density at radius 3 is 1.65 bits per heavy atom. The lowest BCUT2D eigenvalue weighted by Gasteiger charge is -2.29. The van der Waals surface area contributed by atoms with Crippen LogP contribution in [0.4, 0.5) is 17.1 Å². The number of para-hydroxylation sites is 2.